The molecule has 28 heavy (non-hydrogen) atoms. The van der Waals surface area contributed by atoms with E-state index in [0.717, 1.165) is 0 Å². The van der Waals surface area contributed by atoms with Crippen molar-refractivity contribution in [2.75, 3.05) is 18.4 Å². The van der Waals surface area contributed by atoms with Crippen LogP contribution in [0.2, 0.25) is 0 Å². The fraction of sp³-hybridized carbons (Fsp3) is 0.421. The number of imidazole rings is 1. The summed E-state index contributed by atoms with van der Waals surface area (Å²) in [4.78, 5) is 27.9. The molecule has 1 aromatic carbocycles. The van der Waals surface area contributed by atoms with E-state index in [1.54, 1.807) is 42.8 Å². The molecule has 1 aliphatic heterocycles. The molecule has 1 N–H and O–H groups in total. The molecule has 0 bridgehead atoms. The summed E-state index contributed by atoms with van der Waals surface area (Å²) in [5.41, 5.74) is 1.20. The van der Waals surface area contributed by atoms with Crippen LogP contribution in [-0.2, 0) is 21.9 Å². The molecule has 2 aromatic rings. The van der Waals surface area contributed by atoms with Gasteiger partial charge < -0.3 is 9.88 Å². The minimum absolute atomic E-state index is 0.0328. The van der Waals surface area contributed by atoms with E-state index in [9.17, 15) is 18.0 Å². The lowest BCUT2D eigenvalue weighted by Gasteiger charge is -2.29. The van der Waals surface area contributed by atoms with Gasteiger partial charge in [0.15, 0.2) is 10.8 Å². The van der Waals surface area contributed by atoms with Crippen molar-refractivity contribution in [1.29, 1.82) is 0 Å². The van der Waals surface area contributed by atoms with E-state index in [0.29, 0.717) is 29.9 Å². The van der Waals surface area contributed by atoms with Crippen LogP contribution in [-0.4, -0.2) is 47.1 Å². The van der Waals surface area contributed by atoms with Gasteiger partial charge in [-0.05, 0) is 51.0 Å². The number of nitrogens with zero attached hydrogens (tertiary/aromatic N) is 3. The number of Topliss-reactive ketones (excluding diaryl/α,β-unsaturated/α-hetero) is 1. The quantitative estimate of drug-likeness (QED) is 0.768. The predicted octanol–water partition coefficient (Wildman–Crippen LogP) is 1.97. The fourth-order valence-corrected chi connectivity index (χ4v) is 4.67. The number of aromatic nitrogens is 2. The molecule has 2 heterocycles. The highest BCUT2D eigenvalue weighted by Crippen LogP contribution is 2.24. The third-order valence-corrected chi connectivity index (χ3v) is 6.84. The second-order valence-corrected chi connectivity index (χ2v) is 8.92. The van der Waals surface area contributed by atoms with Crippen molar-refractivity contribution >= 4 is 27.4 Å². The highest BCUT2D eigenvalue weighted by molar-refractivity contribution is 7.89. The number of anilines is 1. The Morgan fingerprint density at radius 2 is 1.75 bits per heavy atom. The van der Waals surface area contributed by atoms with Crippen molar-refractivity contribution in [2.24, 2.45) is 13.0 Å². The summed E-state index contributed by atoms with van der Waals surface area (Å²) in [5.74, 6) is 0.198. The summed E-state index contributed by atoms with van der Waals surface area (Å²) in [6, 6.07) is 6.72. The Morgan fingerprint density at radius 1 is 1.14 bits per heavy atom. The Labute approximate surface area is 164 Å². The molecule has 0 atom stereocenters. The number of rotatable bonds is 5. The number of piperidine rings is 1. The number of carbonyl (C=O) groups excluding carboxylic acids is 2. The Morgan fingerprint density at radius 3 is 2.25 bits per heavy atom. The number of amides is 1. The monoisotopic (exact) mass is 404 g/mol. The van der Waals surface area contributed by atoms with Gasteiger partial charge in [0.1, 0.15) is 5.82 Å². The molecule has 1 aliphatic rings. The molecule has 0 radical (unpaired) electrons. The number of benzene rings is 1. The Hall–Kier alpha value is -2.52. The molecule has 0 saturated carbocycles. The first-order valence-electron chi connectivity index (χ1n) is 9.10. The molecule has 1 fully saturated rings. The minimum atomic E-state index is -3.65. The Bertz CT molecular complexity index is 968. The topological polar surface area (TPSA) is 101 Å². The third kappa shape index (κ3) is 4.15. The summed E-state index contributed by atoms with van der Waals surface area (Å²) in [7, 11) is -1.90. The zero-order chi connectivity index (χ0) is 20.5. The minimum Gasteiger partial charge on any atom is -0.337 e. The maximum Gasteiger partial charge on any atom is 0.262 e. The van der Waals surface area contributed by atoms with Crippen LogP contribution in [0.25, 0.3) is 0 Å². The average Bonchev–Trinajstić information content (AvgIpc) is 3.02. The third-order valence-electron chi connectivity index (χ3n) is 5.07. The Kier molecular flexibility index (Phi) is 5.66. The van der Waals surface area contributed by atoms with E-state index in [2.05, 4.69) is 10.3 Å². The summed E-state index contributed by atoms with van der Waals surface area (Å²) in [6.45, 7) is 3.79. The van der Waals surface area contributed by atoms with E-state index in [4.69, 9.17) is 0 Å². The standard InChI is InChI=1S/C19H24N4O4S/c1-13(24)15-4-6-17(7-5-15)21-19(25)16-8-10-23(11-9-16)28(26,27)18-12-22(3)14(2)20-18/h4-7,12,16H,8-11H2,1-3H3,(H,21,25). The average molecular weight is 404 g/mol. The van der Waals surface area contributed by atoms with Crippen molar-refractivity contribution < 1.29 is 18.0 Å². The number of nitrogens with one attached hydrogen (secondary N) is 1. The van der Waals surface area contributed by atoms with Crippen LogP contribution in [0, 0.1) is 12.8 Å². The number of ketones is 1. The largest absolute Gasteiger partial charge is 0.337 e. The zero-order valence-electron chi connectivity index (χ0n) is 16.2. The van der Waals surface area contributed by atoms with Crippen LogP contribution in [0.4, 0.5) is 5.69 Å². The van der Waals surface area contributed by atoms with Crippen LogP contribution in [0.1, 0.15) is 35.9 Å². The van der Waals surface area contributed by atoms with Crippen LogP contribution in [0.3, 0.4) is 0 Å². The van der Waals surface area contributed by atoms with Crippen molar-refractivity contribution in [3.05, 3.63) is 41.9 Å². The molecule has 1 saturated heterocycles. The van der Waals surface area contributed by atoms with Gasteiger partial charge in [0.05, 0.1) is 0 Å². The van der Waals surface area contributed by atoms with E-state index in [-0.39, 0.29) is 35.7 Å². The molecule has 3 rings (SSSR count). The first-order valence-corrected chi connectivity index (χ1v) is 10.5. The molecule has 8 nitrogen and oxygen atoms in total. The number of sulfonamides is 1. The molecular formula is C19H24N4O4S. The van der Waals surface area contributed by atoms with E-state index >= 15 is 0 Å². The molecule has 0 aliphatic carbocycles. The number of hydrogen-bond acceptors (Lipinski definition) is 5. The maximum atomic E-state index is 12.7. The van der Waals surface area contributed by atoms with Gasteiger partial charge in [-0.2, -0.15) is 4.31 Å². The zero-order valence-corrected chi connectivity index (χ0v) is 17.0. The van der Waals surface area contributed by atoms with Gasteiger partial charge in [-0.3, -0.25) is 9.59 Å². The van der Waals surface area contributed by atoms with Crippen molar-refractivity contribution in [2.45, 2.75) is 31.7 Å². The van der Waals surface area contributed by atoms with Gasteiger partial charge in [0.2, 0.25) is 5.91 Å². The van der Waals surface area contributed by atoms with E-state index < -0.39 is 10.0 Å². The summed E-state index contributed by atoms with van der Waals surface area (Å²) >= 11 is 0. The van der Waals surface area contributed by atoms with Crippen LogP contribution < -0.4 is 5.32 Å². The smallest absolute Gasteiger partial charge is 0.262 e. The van der Waals surface area contributed by atoms with Gasteiger partial charge in [0.25, 0.3) is 10.0 Å². The van der Waals surface area contributed by atoms with E-state index in [1.165, 1.54) is 17.4 Å². The SMILES string of the molecule is CC(=O)c1ccc(NC(=O)C2CCN(S(=O)(=O)c3cn(C)c(C)n3)CC2)cc1. The Balaban J connectivity index is 1.60. The fourth-order valence-electron chi connectivity index (χ4n) is 3.17. The lowest BCUT2D eigenvalue weighted by molar-refractivity contribution is -0.120. The molecule has 0 spiro atoms. The molecular weight excluding hydrogens is 380 g/mol. The maximum absolute atomic E-state index is 12.7. The van der Waals surface area contributed by atoms with Gasteiger partial charge in [-0.15, -0.1) is 0 Å². The lowest BCUT2D eigenvalue weighted by atomic mass is 9.97. The predicted molar refractivity (Wildman–Crippen MR) is 105 cm³/mol. The molecule has 1 aromatic heterocycles. The summed E-state index contributed by atoms with van der Waals surface area (Å²) in [6.07, 6.45) is 2.40. The van der Waals surface area contributed by atoms with Crippen LogP contribution in [0.15, 0.2) is 35.5 Å². The van der Waals surface area contributed by atoms with Gasteiger partial charge in [-0.1, -0.05) is 0 Å². The normalized spacial score (nSPS) is 16.1. The molecule has 150 valence electrons. The van der Waals surface area contributed by atoms with E-state index in [1.807, 2.05) is 0 Å². The van der Waals surface area contributed by atoms with Gasteiger partial charge in [0, 0.05) is 43.5 Å². The van der Waals surface area contributed by atoms with Crippen molar-refractivity contribution in [1.82, 2.24) is 13.9 Å². The second-order valence-electron chi connectivity index (χ2n) is 7.04. The number of carbonyl (C=O) groups is 2. The highest BCUT2D eigenvalue weighted by Gasteiger charge is 2.33. The molecule has 0 unspecified atom stereocenters. The van der Waals surface area contributed by atoms with Gasteiger partial charge in [-0.25, -0.2) is 13.4 Å². The first kappa shape index (κ1) is 20.2. The van der Waals surface area contributed by atoms with Crippen LogP contribution in [0.5, 0.6) is 0 Å². The summed E-state index contributed by atoms with van der Waals surface area (Å²) in [5, 5.41) is 2.88. The molecule has 1 amide bonds. The van der Waals surface area contributed by atoms with Gasteiger partial charge >= 0.3 is 0 Å². The lowest BCUT2D eigenvalue weighted by Crippen LogP contribution is -2.41. The molecule has 9 heteroatoms. The second kappa shape index (κ2) is 7.84. The highest BCUT2D eigenvalue weighted by atomic mass is 32.2. The first-order chi connectivity index (χ1) is 13.2. The van der Waals surface area contributed by atoms with Crippen LogP contribution >= 0.6 is 0 Å². The number of aryl methyl sites for hydroxylation is 2. The van der Waals surface area contributed by atoms with Crippen molar-refractivity contribution in [3.63, 3.8) is 0 Å². The van der Waals surface area contributed by atoms with Crippen molar-refractivity contribution in [3.8, 4) is 0 Å². The summed E-state index contributed by atoms with van der Waals surface area (Å²) < 4.78 is 28.5. The number of hydrogen-bond donors (Lipinski definition) is 1.